The van der Waals surface area contributed by atoms with Crippen LogP contribution in [0.5, 0.6) is 0 Å². The second-order valence-electron chi connectivity index (χ2n) is 6.25. The molecule has 0 fully saturated rings. The van der Waals surface area contributed by atoms with Crippen molar-refractivity contribution in [3.63, 3.8) is 0 Å². The van der Waals surface area contributed by atoms with Crippen LogP contribution in [0.2, 0.25) is 10.2 Å². The van der Waals surface area contributed by atoms with Gasteiger partial charge in [0.2, 0.25) is 5.91 Å². The highest BCUT2D eigenvalue weighted by atomic mass is 35.5. The molecule has 2 aromatic carbocycles. The fraction of sp³-hybridized carbons (Fsp3) is 0.0476. The molecule has 0 aliphatic rings. The standard InChI is InChI=1S/C21H14Cl2FN5OS/c22-14-7-2-1-6-13(14)20-27-28-21(29(20)17-10-4-3-8-15(17)24)31-12-18(30)26-16-9-5-11-25-19(16)23/h1-11H,12H2,(H,26,30). The van der Waals surface area contributed by atoms with E-state index in [9.17, 15) is 9.18 Å². The first-order valence-corrected chi connectivity index (χ1v) is 10.8. The van der Waals surface area contributed by atoms with Crippen molar-refractivity contribution in [1.29, 1.82) is 0 Å². The van der Waals surface area contributed by atoms with Gasteiger partial charge in [-0.05, 0) is 36.4 Å². The van der Waals surface area contributed by atoms with E-state index in [0.717, 1.165) is 11.8 Å². The molecule has 0 spiro atoms. The lowest BCUT2D eigenvalue weighted by atomic mass is 10.2. The largest absolute Gasteiger partial charge is 0.323 e. The number of rotatable bonds is 6. The molecule has 0 unspecified atom stereocenters. The van der Waals surface area contributed by atoms with Crippen LogP contribution < -0.4 is 5.32 Å². The molecule has 0 saturated carbocycles. The number of anilines is 1. The fourth-order valence-electron chi connectivity index (χ4n) is 2.83. The lowest BCUT2D eigenvalue weighted by Crippen LogP contribution is -2.15. The second-order valence-corrected chi connectivity index (χ2v) is 7.96. The Bertz CT molecular complexity index is 1250. The van der Waals surface area contributed by atoms with Crippen LogP contribution in [0.4, 0.5) is 10.1 Å². The summed E-state index contributed by atoms with van der Waals surface area (Å²) >= 11 is 13.4. The minimum atomic E-state index is -0.455. The predicted octanol–water partition coefficient (Wildman–Crippen LogP) is 5.51. The highest BCUT2D eigenvalue weighted by Gasteiger charge is 2.21. The van der Waals surface area contributed by atoms with Gasteiger partial charge in [0.1, 0.15) is 5.82 Å². The third kappa shape index (κ3) is 4.71. The quantitative estimate of drug-likeness (QED) is 0.295. The Kier molecular flexibility index (Phi) is 6.50. The molecule has 1 N–H and O–H groups in total. The van der Waals surface area contributed by atoms with E-state index >= 15 is 0 Å². The maximum atomic E-state index is 14.6. The Morgan fingerprint density at radius 1 is 1.03 bits per heavy atom. The van der Waals surface area contributed by atoms with Gasteiger partial charge in [-0.15, -0.1) is 10.2 Å². The summed E-state index contributed by atoms with van der Waals surface area (Å²) in [6.45, 7) is 0. The SMILES string of the molecule is O=C(CSc1nnc(-c2ccccc2Cl)n1-c1ccccc1F)Nc1cccnc1Cl. The number of halogens is 3. The van der Waals surface area contributed by atoms with Crippen molar-refractivity contribution in [3.8, 4) is 17.1 Å². The number of carbonyl (C=O) groups is 1. The van der Waals surface area contributed by atoms with E-state index in [1.165, 1.54) is 12.3 Å². The molecule has 10 heteroatoms. The van der Waals surface area contributed by atoms with Crippen LogP contribution in [0, 0.1) is 5.82 Å². The van der Waals surface area contributed by atoms with Gasteiger partial charge in [0, 0.05) is 11.8 Å². The molecule has 0 aliphatic heterocycles. The Morgan fingerprint density at radius 2 is 1.81 bits per heavy atom. The van der Waals surface area contributed by atoms with Crippen molar-refractivity contribution >= 4 is 46.6 Å². The molecule has 4 aromatic rings. The number of nitrogens with zero attached hydrogens (tertiary/aromatic N) is 4. The number of aromatic nitrogens is 4. The molecule has 0 atom stereocenters. The lowest BCUT2D eigenvalue weighted by molar-refractivity contribution is -0.113. The van der Waals surface area contributed by atoms with Crippen LogP contribution >= 0.6 is 35.0 Å². The molecule has 1 amide bonds. The van der Waals surface area contributed by atoms with Gasteiger partial charge in [-0.3, -0.25) is 9.36 Å². The lowest BCUT2D eigenvalue weighted by Gasteiger charge is -2.12. The minimum absolute atomic E-state index is 0.000328. The summed E-state index contributed by atoms with van der Waals surface area (Å²) in [6.07, 6.45) is 1.53. The second kappa shape index (κ2) is 9.47. The first-order chi connectivity index (χ1) is 15.0. The first-order valence-electron chi connectivity index (χ1n) is 9.03. The summed E-state index contributed by atoms with van der Waals surface area (Å²) < 4.78 is 16.2. The highest BCUT2D eigenvalue weighted by molar-refractivity contribution is 7.99. The maximum absolute atomic E-state index is 14.6. The van der Waals surface area contributed by atoms with E-state index in [-0.39, 0.29) is 22.5 Å². The number of carbonyl (C=O) groups excluding carboxylic acids is 1. The van der Waals surface area contributed by atoms with Gasteiger partial charge in [-0.2, -0.15) is 0 Å². The van der Waals surface area contributed by atoms with Gasteiger partial charge in [0.05, 0.1) is 22.2 Å². The van der Waals surface area contributed by atoms with E-state index in [4.69, 9.17) is 23.2 Å². The van der Waals surface area contributed by atoms with E-state index < -0.39 is 5.82 Å². The minimum Gasteiger partial charge on any atom is -0.323 e. The molecule has 31 heavy (non-hydrogen) atoms. The molecule has 0 aliphatic carbocycles. The van der Waals surface area contributed by atoms with Gasteiger partial charge in [-0.1, -0.05) is 59.2 Å². The van der Waals surface area contributed by atoms with Crippen molar-refractivity contribution in [2.45, 2.75) is 5.16 Å². The van der Waals surface area contributed by atoms with Crippen LogP contribution in [-0.4, -0.2) is 31.4 Å². The van der Waals surface area contributed by atoms with Gasteiger partial charge in [0.25, 0.3) is 0 Å². The van der Waals surface area contributed by atoms with Crippen molar-refractivity contribution in [3.05, 3.63) is 82.9 Å². The van der Waals surface area contributed by atoms with Gasteiger partial charge in [-0.25, -0.2) is 9.37 Å². The number of hydrogen-bond acceptors (Lipinski definition) is 5. The Balaban J connectivity index is 1.65. The van der Waals surface area contributed by atoms with Gasteiger partial charge >= 0.3 is 0 Å². The molecule has 6 nitrogen and oxygen atoms in total. The topological polar surface area (TPSA) is 72.7 Å². The third-order valence-electron chi connectivity index (χ3n) is 4.21. The van der Waals surface area contributed by atoms with Crippen LogP contribution in [0.25, 0.3) is 17.1 Å². The molecule has 0 radical (unpaired) electrons. The number of pyridine rings is 1. The smallest absolute Gasteiger partial charge is 0.234 e. The molecular weight excluding hydrogens is 460 g/mol. The number of para-hydroxylation sites is 1. The summed E-state index contributed by atoms with van der Waals surface area (Å²) in [5, 5.41) is 12.1. The van der Waals surface area contributed by atoms with Crippen LogP contribution in [0.15, 0.2) is 72.0 Å². The molecule has 0 bridgehead atoms. The molecule has 156 valence electrons. The molecule has 0 saturated heterocycles. The zero-order chi connectivity index (χ0) is 21.8. The number of benzene rings is 2. The summed E-state index contributed by atoms with van der Waals surface area (Å²) in [5.41, 5.74) is 1.25. The van der Waals surface area contributed by atoms with Crippen LogP contribution in [-0.2, 0) is 4.79 Å². The van der Waals surface area contributed by atoms with Gasteiger partial charge < -0.3 is 5.32 Å². The van der Waals surface area contributed by atoms with E-state index in [1.807, 2.05) is 0 Å². The number of hydrogen-bond donors (Lipinski definition) is 1. The average Bonchev–Trinajstić information content (AvgIpc) is 3.18. The average molecular weight is 474 g/mol. The summed E-state index contributed by atoms with van der Waals surface area (Å²) in [7, 11) is 0. The molecular formula is C21H14Cl2FN5OS. The number of thioether (sulfide) groups is 1. The predicted molar refractivity (Wildman–Crippen MR) is 120 cm³/mol. The summed E-state index contributed by atoms with van der Waals surface area (Å²) in [6, 6.07) is 16.7. The van der Waals surface area contributed by atoms with Crippen molar-refractivity contribution in [2.75, 3.05) is 11.1 Å². The first kappa shape index (κ1) is 21.3. The zero-order valence-electron chi connectivity index (χ0n) is 15.8. The van der Waals surface area contributed by atoms with Gasteiger partial charge in [0.15, 0.2) is 16.1 Å². The normalized spacial score (nSPS) is 10.8. The summed E-state index contributed by atoms with van der Waals surface area (Å²) in [5.74, 6) is -0.402. The Morgan fingerprint density at radius 3 is 2.58 bits per heavy atom. The van der Waals surface area contributed by atoms with Crippen molar-refractivity contribution in [1.82, 2.24) is 19.7 Å². The highest BCUT2D eigenvalue weighted by Crippen LogP contribution is 2.32. The third-order valence-corrected chi connectivity index (χ3v) is 5.77. The number of nitrogens with one attached hydrogen (secondary N) is 1. The monoisotopic (exact) mass is 473 g/mol. The molecule has 2 aromatic heterocycles. The van der Waals surface area contributed by atoms with Crippen LogP contribution in [0.1, 0.15) is 0 Å². The Labute approximate surface area is 191 Å². The van der Waals surface area contributed by atoms with E-state index in [2.05, 4.69) is 20.5 Å². The zero-order valence-corrected chi connectivity index (χ0v) is 18.1. The van der Waals surface area contributed by atoms with E-state index in [1.54, 1.807) is 59.2 Å². The Hall–Kier alpha value is -2.94. The molecule has 4 rings (SSSR count). The molecule has 2 heterocycles. The van der Waals surface area contributed by atoms with Crippen molar-refractivity contribution in [2.24, 2.45) is 0 Å². The summed E-state index contributed by atoms with van der Waals surface area (Å²) in [4.78, 5) is 16.3. The fourth-order valence-corrected chi connectivity index (χ4v) is 3.96. The maximum Gasteiger partial charge on any atom is 0.234 e. The van der Waals surface area contributed by atoms with Crippen molar-refractivity contribution < 1.29 is 9.18 Å². The number of amides is 1. The van der Waals surface area contributed by atoms with E-state index in [0.29, 0.717) is 27.3 Å². The van der Waals surface area contributed by atoms with Crippen LogP contribution in [0.3, 0.4) is 0 Å².